The molecule has 0 unspecified atom stereocenters. The largest absolute Gasteiger partial charge is 0.455 e. The first-order chi connectivity index (χ1) is 14.5. The van der Waals surface area contributed by atoms with Crippen LogP contribution in [-0.2, 0) is 13.0 Å². The molecule has 1 N–H and O–H groups in total. The van der Waals surface area contributed by atoms with E-state index in [1.807, 2.05) is 18.2 Å². The quantitative estimate of drug-likeness (QED) is 0.619. The zero-order valence-corrected chi connectivity index (χ0v) is 18.0. The fraction of sp³-hybridized carbons (Fsp3) is 0.417. The lowest BCUT2D eigenvalue weighted by Crippen LogP contribution is -2.26. The van der Waals surface area contributed by atoms with E-state index in [0.29, 0.717) is 35.4 Å². The predicted octanol–water partition coefficient (Wildman–Crippen LogP) is 4.66. The van der Waals surface area contributed by atoms with E-state index in [1.54, 1.807) is 6.92 Å². The number of anilines is 1. The van der Waals surface area contributed by atoms with Crippen LogP contribution in [0.25, 0.3) is 10.9 Å². The Morgan fingerprint density at radius 2 is 2.00 bits per heavy atom. The smallest absolute Gasteiger partial charge is 0.291 e. The molecule has 0 saturated heterocycles. The molecular formula is C24H29N3O3. The molecule has 0 aliphatic heterocycles. The lowest BCUT2D eigenvalue weighted by Gasteiger charge is -2.18. The third-order valence-corrected chi connectivity index (χ3v) is 6.09. The molecule has 30 heavy (non-hydrogen) atoms. The van der Waals surface area contributed by atoms with Gasteiger partial charge in [0.05, 0.1) is 5.56 Å². The maximum atomic E-state index is 12.8. The van der Waals surface area contributed by atoms with Crippen LogP contribution in [0.4, 0.5) is 5.69 Å². The van der Waals surface area contributed by atoms with Crippen molar-refractivity contribution in [2.75, 3.05) is 25.0 Å². The van der Waals surface area contributed by atoms with Crippen LogP contribution in [0.15, 0.2) is 34.9 Å². The van der Waals surface area contributed by atoms with Crippen LogP contribution < -0.4 is 5.32 Å². The number of fused-ring (bicyclic) bond motifs is 2. The van der Waals surface area contributed by atoms with Crippen LogP contribution in [0, 0.1) is 6.92 Å². The molecule has 4 rings (SSSR count). The highest BCUT2D eigenvalue weighted by Gasteiger charge is 2.28. The molecule has 2 heterocycles. The summed E-state index contributed by atoms with van der Waals surface area (Å²) in [6.07, 6.45) is 4.11. The molecule has 0 bridgehead atoms. The summed E-state index contributed by atoms with van der Waals surface area (Å²) in [5, 5.41) is 4.01. The normalized spacial score (nSPS) is 13.8. The highest BCUT2D eigenvalue weighted by Crippen LogP contribution is 2.30. The van der Waals surface area contributed by atoms with Gasteiger partial charge in [0.1, 0.15) is 5.76 Å². The first-order valence-electron chi connectivity index (χ1n) is 10.8. The molecular weight excluding hydrogens is 378 g/mol. The van der Waals surface area contributed by atoms with Crippen LogP contribution >= 0.6 is 0 Å². The molecule has 1 aliphatic carbocycles. The Labute approximate surface area is 176 Å². The Morgan fingerprint density at radius 1 is 1.20 bits per heavy atom. The number of carbonyl (C=O) groups is 2. The molecule has 0 radical (unpaired) electrons. The van der Waals surface area contributed by atoms with Gasteiger partial charge in [0.15, 0.2) is 11.5 Å². The second kappa shape index (κ2) is 8.48. The molecule has 0 spiro atoms. The van der Waals surface area contributed by atoms with Crippen molar-refractivity contribution in [2.45, 2.75) is 46.6 Å². The van der Waals surface area contributed by atoms with Gasteiger partial charge in [-0.2, -0.15) is 0 Å². The first-order valence-corrected chi connectivity index (χ1v) is 10.8. The van der Waals surface area contributed by atoms with Crippen LogP contribution in [-0.4, -0.2) is 40.8 Å². The lowest BCUT2D eigenvalue weighted by molar-refractivity contribution is 0.0963. The van der Waals surface area contributed by atoms with Gasteiger partial charge in [-0.25, -0.2) is 0 Å². The summed E-state index contributed by atoms with van der Waals surface area (Å²) < 4.78 is 8.01. The molecule has 0 atom stereocenters. The van der Waals surface area contributed by atoms with Crippen molar-refractivity contribution < 1.29 is 14.0 Å². The molecule has 6 heteroatoms. The fourth-order valence-corrected chi connectivity index (χ4v) is 4.31. The molecule has 0 fully saturated rings. The molecule has 3 aromatic rings. The van der Waals surface area contributed by atoms with E-state index in [1.165, 1.54) is 0 Å². The van der Waals surface area contributed by atoms with Gasteiger partial charge in [0.2, 0.25) is 0 Å². The van der Waals surface area contributed by atoms with Crippen LogP contribution in [0.3, 0.4) is 0 Å². The van der Waals surface area contributed by atoms with Gasteiger partial charge < -0.3 is 19.2 Å². The number of rotatable bonds is 7. The second-order valence-electron chi connectivity index (χ2n) is 7.89. The summed E-state index contributed by atoms with van der Waals surface area (Å²) in [5.74, 6) is 0.654. The molecule has 2 aromatic heterocycles. The minimum absolute atomic E-state index is 0.0732. The van der Waals surface area contributed by atoms with E-state index >= 15 is 0 Å². The summed E-state index contributed by atoms with van der Waals surface area (Å²) in [6, 6.07) is 8.00. The molecule has 6 nitrogen and oxygen atoms in total. The zero-order valence-electron chi connectivity index (χ0n) is 18.0. The van der Waals surface area contributed by atoms with E-state index in [4.69, 9.17) is 4.42 Å². The van der Waals surface area contributed by atoms with Crippen molar-refractivity contribution >= 4 is 28.3 Å². The Bertz CT molecular complexity index is 1090. The van der Waals surface area contributed by atoms with Gasteiger partial charge in [-0.1, -0.05) is 13.8 Å². The van der Waals surface area contributed by atoms with Crippen molar-refractivity contribution in [3.63, 3.8) is 0 Å². The Morgan fingerprint density at radius 3 is 2.73 bits per heavy atom. The van der Waals surface area contributed by atoms with Crippen LogP contribution in [0.5, 0.6) is 0 Å². The molecule has 1 aromatic carbocycles. The predicted molar refractivity (Wildman–Crippen MR) is 118 cm³/mol. The summed E-state index contributed by atoms with van der Waals surface area (Å²) in [5.41, 5.74) is 3.12. The van der Waals surface area contributed by atoms with Crippen molar-refractivity contribution in [1.82, 2.24) is 9.47 Å². The number of likely N-dealkylation sites (N-methyl/N-ethyl adjacent to an activating group) is 1. The summed E-state index contributed by atoms with van der Waals surface area (Å²) in [6.45, 7) is 10.2. The van der Waals surface area contributed by atoms with Crippen molar-refractivity contribution in [3.8, 4) is 0 Å². The van der Waals surface area contributed by atoms with Gasteiger partial charge >= 0.3 is 0 Å². The van der Waals surface area contributed by atoms with Crippen molar-refractivity contribution in [3.05, 3.63) is 53.1 Å². The highest BCUT2D eigenvalue weighted by atomic mass is 16.4. The number of Topliss-reactive ketones (excluding diaryl/α,β-unsaturated/α-hetero) is 1. The minimum atomic E-state index is -0.310. The monoisotopic (exact) mass is 407 g/mol. The van der Waals surface area contributed by atoms with E-state index in [9.17, 15) is 9.59 Å². The standard InChI is InChI=1S/C24H29N3O3/c1-4-26(5-2)13-14-27-12-11-17-15-18(9-10-19(17)27)25-24(29)23-16(3)22-20(28)7-6-8-21(22)30-23/h9-12,15H,4-8,13-14H2,1-3H3,(H,25,29). The number of aryl methyl sites for hydroxylation is 1. The maximum absolute atomic E-state index is 12.8. The summed E-state index contributed by atoms with van der Waals surface area (Å²) in [7, 11) is 0. The van der Waals surface area contributed by atoms with Gasteiger partial charge in [0, 0.05) is 54.3 Å². The number of aromatic nitrogens is 1. The number of nitrogens with zero attached hydrogens (tertiary/aromatic N) is 2. The maximum Gasteiger partial charge on any atom is 0.291 e. The van der Waals surface area contributed by atoms with Crippen molar-refractivity contribution in [2.24, 2.45) is 0 Å². The fourth-order valence-electron chi connectivity index (χ4n) is 4.31. The van der Waals surface area contributed by atoms with E-state index < -0.39 is 0 Å². The van der Waals surface area contributed by atoms with E-state index in [-0.39, 0.29) is 17.5 Å². The average Bonchev–Trinajstić information content (AvgIpc) is 3.30. The number of furan rings is 1. The molecule has 158 valence electrons. The second-order valence-corrected chi connectivity index (χ2v) is 7.89. The number of benzene rings is 1. The highest BCUT2D eigenvalue weighted by molar-refractivity contribution is 6.08. The van der Waals surface area contributed by atoms with Gasteiger partial charge in [-0.3, -0.25) is 9.59 Å². The summed E-state index contributed by atoms with van der Waals surface area (Å²) in [4.78, 5) is 27.4. The van der Waals surface area contributed by atoms with E-state index in [0.717, 1.165) is 43.5 Å². The number of carbonyl (C=O) groups excluding carboxylic acids is 2. The van der Waals surface area contributed by atoms with Gasteiger partial charge in [0.25, 0.3) is 5.91 Å². The first kappa shape index (κ1) is 20.4. The van der Waals surface area contributed by atoms with Gasteiger partial charge in [-0.05, 0) is 50.7 Å². The Balaban J connectivity index is 1.51. The third kappa shape index (κ3) is 3.79. The SMILES string of the molecule is CCN(CC)CCn1ccc2cc(NC(=O)c3oc4c(c3C)C(=O)CCC4)ccc21. The third-order valence-electron chi connectivity index (χ3n) is 6.09. The Kier molecular flexibility index (Phi) is 5.77. The molecule has 1 amide bonds. The summed E-state index contributed by atoms with van der Waals surface area (Å²) >= 11 is 0. The Hall–Kier alpha value is -2.86. The van der Waals surface area contributed by atoms with Crippen molar-refractivity contribution in [1.29, 1.82) is 0 Å². The number of amides is 1. The number of hydrogen-bond acceptors (Lipinski definition) is 4. The minimum Gasteiger partial charge on any atom is -0.455 e. The molecule has 1 aliphatic rings. The lowest BCUT2D eigenvalue weighted by atomic mass is 9.94. The zero-order chi connectivity index (χ0) is 21.3. The average molecular weight is 408 g/mol. The van der Waals surface area contributed by atoms with Crippen LogP contribution in [0.2, 0.25) is 0 Å². The number of hydrogen-bond donors (Lipinski definition) is 1. The topological polar surface area (TPSA) is 67.5 Å². The number of nitrogens with one attached hydrogen (secondary N) is 1. The van der Waals surface area contributed by atoms with E-state index in [2.05, 4.69) is 40.9 Å². The molecule has 0 saturated carbocycles. The number of ketones is 1. The van der Waals surface area contributed by atoms with Gasteiger partial charge in [-0.15, -0.1) is 0 Å². The van der Waals surface area contributed by atoms with Crippen LogP contribution in [0.1, 0.15) is 58.9 Å².